The van der Waals surface area contributed by atoms with Crippen molar-refractivity contribution in [2.45, 2.75) is 19.1 Å². The van der Waals surface area contributed by atoms with E-state index in [0.29, 0.717) is 0 Å². The fraction of sp³-hybridized carbons (Fsp3) is 0.227. The molecule has 0 aliphatic rings. The topological polar surface area (TPSA) is 75.4 Å². The van der Waals surface area contributed by atoms with Gasteiger partial charge in [0.25, 0.3) is 11.5 Å². The summed E-state index contributed by atoms with van der Waals surface area (Å²) in [6.07, 6.45) is -4.93. The van der Waals surface area contributed by atoms with Crippen LogP contribution in [0.1, 0.15) is 33.0 Å². The van der Waals surface area contributed by atoms with Crippen LogP contribution in [0.2, 0.25) is 0 Å². The molecule has 1 amide bonds. The van der Waals surface area contributed by atoms with Crippen LogP contribution >= 0.6 is 0 Å². The molecule has 0 aliphatic carbocycles. The van der Waals surface area contributed by atoms with E-state index in [1.54, 1.807) is 24.3 Å². The average Bonchev–Trinajstić information content (AvgIpc) is 2.74. The van der Waals surface area contributed by atoms with E-state index in [9.17, 15) is 27.9 Å². The van der Waals surface area contributed by atoms with Crippen molar-refractivity contribution in [2.24, 2.45) is 7.05 Å². The van der Waals surface area contributed by atoms with E-state index >= 15 is 0 Å². The lowest BCUT2D eigenvalue weighted by atomic mass is 10.0. The van der Waals surface area contributed by atoms with Gasteiger partial charge < -0.3 is 10.0 Å². The lowest BCUT2D eigenvalue weighted by molar-refractivity contribution is -0.138. The van der Waals surface area contributed by atoms with Gasteiger partial charge in [-0.05, 0) is 17.2 Å². The van der Waals surface area contributed by atoms with Crippen molar-refractivity contribution in [1.29, 1.82) is 0 Å². The van der Waals surface area contributed by atoms with Crippen molar-refractivity contribution in [2.75, 3.05) is 7.05 Å². The van der Waals surface area contributed by atoms with Crippen LogP contribution in [0.25, 0.3) is 0 Å². The first-order valence-electron chi connectivity index (χ1n) is 9.33. The molecule has 1 N–H and O–H groups in total. The van der Waals surface area contributed by atoms with Crippen LogP contribution in [0.3, 0.4) is 0 Å². The smallest absolute Gasteiger partial charge is 0.416 e. The third kappa shape index (κ3) is 4.76. The number of hydrogen-bond donors (Lipinski definition) is 1. The number of aromatic nitrogens is 2. The Labute approximate surface area is 176 Å². The third-order valence-electron chi connectivity index (χ3n) is 4.84. The summed E-state index contributed by atoms with van der Waals surface area (Å²) >= 11 is 0. The number of aromatic hydroxyl groups is 1. The van der Waals surface area contributed by atoms with Gasteiger partial charge in [-0.15, -0.1) is 0 Å². The van der Waals surface area contributed by atoms with Crippen molar-refractivity contribution in [3.63, 3.8) is 0 Å². The minimum absolute atomic E-state index is 0.0732. The highest BCUT2D eigenvalue weighted by Crippen LogP contribution is 2.32. The summed E-state index contributed by atoms with van der Waals surface area (Å²) in [5.41, 5.74) is -1.54. The Morgan fingerprint density at radius 1 is 1.10 bits per heavy atom. The zero-order valence-electron chi connectivity index (χ0n) is 16.8. The van der Waals surface area contributed by atoms with E-state index in [-0.39, 0.29) is 24.4 Å². The van der Waals surface area contributed by atoms with E-state index in [1.807, 2.05) is 6.07 Å². The van der Waals surface area contributed by atoms with E-state index in [0.717, 1.165) is 16.2 Å². The lowest BCUT2D eigenvalue weighted by Crippen LogP contribution is -2.31. The summed E-state index contributed by atoms with van der Waals surface area (Å²) < 4.78 is 40.9. The van der Waals surface area contributed by atoms with Crippen molar-refractivity contribution in [1.82, 2.24) is 14.5 Å². The Bertz CT molecular complexity index is 1160. The SMILES string of the molecule is CN(Cc1ccccc1)C(=O)c1nc(Cc2ccccc2C(F)(F)F)n(C)c(=O)c1O. The molecule has 3 aromatic rings. The normalized spacial score (nSPS) is 11.4. The molecule has 0 saturated heterocycles. The summed E-state index contributed by atoms with van der Waals surface area (Å²) in [6.45, 7) is 0.197. The number of rotatable bonds is 5. The Morgan fingerprint density at radius 2 is 1.71 bits per heavy atom. The second-order valence-electron chi connectivity index (χ2n) is 7.07. The first kappa shape index (κ1) is 22.1. The summed E-state index contributed by atoms with van der Waals surface area (Å²) in [4.78, 5) is 30.6. The summed E-state index contributed by atoms with van der Waals surface area (Å²) in [7, 11) is 2.76. The highest BCUT2D eigenvalue weighted by molar-refractivity contribution is 5.94. The molecule has 1 heterocycles. The standard InChI is InChI=1S/C22H20F3N3O3/c1-27(13-14-8-4-3-5-9-14)20(30)18-19(29)21(31)28(2)17(26-18)12-15-10-6-7-11-16(15)22(23,24)25/h3-11,29H,12-13H2,1-2H3. The maximum atomic E-state index is 13.3. The molecule has 0 bridgehead atoms. The molecular weight excluding hydrogens is 411 g/mol. The summed E-state index contributed by atoms with van der Waals surface area (Å²) in [5.74, 6) is -1.64. The Kier molecular flexibility index (Phi) is 6.14. The van der Waals surface area contributed by atoms with Crippen LogP contribution in [-0.2, 0) is 26.2 Å². The quantitative estimate of drug-likeness (QED) is 0.672. The van der Waals surface area contributed by atoms with Crippen LogP contribution < -0.4 is 5.56 Å². The molecular formula is C22H20F3N3O3. The van der Waals surface area contributed by atoms with E-state index in [2.05, 4.69) is 4.98 Å². The number of carbonyl (C=O) groups is 1. The third-order valence-corrected chi connectivity index (χ3v) is 4.84. The van der Waals surface area contributed by atoms with Crippen LogP contribution in [-0.4, -0.2) is 32.5 Å². The number of alkyl halides is 3. The molecule has 0 fully saturated rings. The lowest BCUT2D eigenvalue weighted by Gasteiger charge is -2.19. The minimum atomic E-state index is -4.58. The molecule has 3 rings (SSSR count). The minimum Gasteiger partial charge on any atom is -0.501 e. The van der Waals surface area contributed by atoms with Gasteiger partial charge >= 0.3 is 6.18 Å². The number of carbonyl (C=O) groups excluding carboxylic acids is 1. The first-order valence-corrected chi connectivity index (χ1v) is 9.33. The number of hydrogen-bond acceptors (Lipinski definition) is 4. The highest BCUT2D eigenvalue weighted by Gasteiger charge is 2.33. The molecule has 0 atom stereocenters. The van der Waals surface area contributed by atoms with Gasteiger partial charge in [0, 0.05) is 27.1 Å². The number of amides is 1. The monoisotopic (exact) mass is 431 g/mol. The molecule has 6 nitrogen and oxygen atoms in total. The van der Waals surface area contributed by atoms with Crippen LogP contribution in [0.15, 0.2) is 59.4 Å². The van der Waals surface area contributed by atoms with Gasteiger partial charge in [-0.3, -0.25) is 14.2 Å². The average molecular weight is 431 g/mol. The fourth-order valence-corrected chi connectivity index (χ4v) is 3.17. The predicted octanol–water partition coefficient (Wildman–Crippen LogP) is 3.37. The maximum absolute atomic E-state index is 13.3. The summed E-state index contributed by atoms with van der Waals surface area (Å²) in [6, 6.07) is 14.0. The van der Waals surface area contributed by atoms with Gasteiger partial charge in [-0.1, -0.05) is 48.5 Å². The summed E-state index contributed by atoms with van der Waals surface area (Å²) in [5, 5.41) is 10.2. The van der Waals surface area contributed by atoms with Crippen molar-refractivity contribution >= 4 is 5.91 Å². The van der Waals surface area contributed by atoms with Crippen molar-refractivity contribution in [3.05, 3.63) is 93.2 Å². The zero-order valence-corrected chi connectivity index (χ0v) is 16.8. The first-order chi connectivity index (χ1) is 14.6. The number of benzene rings is 2. The van der Waals surface area contributed by atoms with Crippen LogP contribution in [0.5, 0.6) is 5.75 Å². The van der Waals surface area contributed by atoms with Gasteiger partial charge in [-0.2, -0.15) is 13.2 Å². The van der Waals surface area contributed by atoms with Crippen molar-refractivity contribution in [3.8, 4) is 5.75 Å². The molecule has 0 radical (unpaired) electrons. The molecule has 1 aromatic heterocycles. The molecule has 9 heteroatoms. The second-order valence-corrected chi connectivity index (χ2v) is 7.07. The molecule has 2 aromatic carbocycles. The van der Waals surface area contributed by atoms with Gasteiger partial charge in [0.1, 0.15) is 5.82 Å². The van der Waals surface area contributed by atoms with Gasteiger partial charge in [0.05, 0.1) is 5.56 Å². The molecule has 0 unspecified atom stereocenters. The Balaban J connectivity index is 1.98. The largest absolute Gasteiger partial charge is 0.501 e. The molecule has 0 spiro atoms. The molecule has 31 heavy (non-hydrogen) atoms. The fourth-order valence-electron chi connectivity index (χ4n) is 3.17. The predicted molar refractivity (Wildman–Crippen MR) is 108 cm³/mol. The van der Waals surface area contributed by atoms with E-state index in [1.165, 1.54) is 37.2 Å². The number of halogens is 3. The number of nitrogens with zero attached hydrogens (tertiary/aromatic N) is 3. The van der Waals surface area contributed by atoms with Crippen LogP contribution in [0, 0.1) is 0 Å². The van der Waals surface area contributed by atoms with Gasteiger partial charge in [-0.25, -0.2) is 4.98 Å². The Hall–Kier alpha value is -3.62. The zero-order chi connectivity index (χ0) is 22.8. The van der Waals surface area contributed by atoms with Gasteiger partial charge in [0.15, 0.2) is 5.69 Å². The van der Waals surface area contributed by atoms with E-state index < -0.39 is 34.6 Å². The van der Waals surface area contributed by atoms with Crippen molar-refractivity contribution < 1.29 is 23.1 Å². The second kappa shape index (κ2) is 8.63. The Morgan fingerprint density at radius 3 is 2.35 bits per heavy atom. The van der Waals surface area contributed by atoms with E-state index in [4.69, 9.17) is 0 Å². The van der Waals surface area contributed by atoms with Crippen LogP contribution in [0.4, 0.5) is 13.2 Å². The maximum Gasteiger partial charge on any atom is 0.416 e. The molecule has 0 aliphatic heterocycles. The van der Waals surface area contributed by atoms with Gasteiger partial charge in [0.2, 0.25) is 5.75 Å². The molecule has 0 saturated carbocycles. The molecule has 162 valence electrons. The highest BCUT2D eigenvalue weighted by atomic mass is 19.4.